The molecule has 1 aliphatic rings. The molecule has 1 aliphatic carbocycles. The molecule has 1 amide bonds. The van der Waals surface area contributed by atoms with E-state index in [9.17, 15) is 9.59 Å². The molecule has 0 fully saturated rings. The highest BCUT2D eigenvalue weighted by Crippen LogP contribution is 2.30. The minimum Gasteiger partial charge on any atom is -0.331 e. The number of hydrogen-bond donors (Lipinski definition) is 1. The Morgan fingerprint density at radius 3 is 2.88 bits per heavy atom. The van der Waals surface area contributed by atoms with E-state index >= 15 is 0 Å². The molecule has 1 N–H and O–H groups in total. The Balaban J connectivity index is 1.60. The molecule has 5 nitrogen and oxygen atoms in total. The summed E-state index contributed by atoms with van der Waals surface area (Å²) in [5.41, 5.74) is 1.82. The zero-order valence-corrected chi connectivity index (χ0v) is 15.6. The number of thiophene rings is 1. The monoisotopic (exact) mass is 367 g/mol. The highest BCUT2D eigenvalue weighted by molar-refractivity contribution is 7.14. The van der Waals surface area contributed by atoms with Crippen LogP contribution in [0, 0.1) is 0 Å². The quantitative estimate of drug-likeness (QED) is 0.767. The number of nitrogens with zero attached hydrogens (tertiary/aromatic N) is 2. The Morgan fingerprint density at radius 2 is 2.08 bits per heavy atom. The molecule has 0 unspecified atom stereocenters. The van der Waals surface area contributed by atoms with E-state index in [2.05, 4.69) is 16.0 Å². The fraction of sp³-hybridized carbons (Fsp3) is 0.350. The van der Waals surface area contributed by atoms with Crippen molar-refractivity contribution in [3.63, 3.8) is 0 Å². The van der Waals surface area contributed by atoms with Gasteiger partial charge in [-0.25, -0.2) is 4.98 Å². The molecule has 6 heteroatoms. The van der Waals surface area contributed by atoms with Gasteiger partial charge in [-0.1, -0.05) is 12.1 Å². The van der Waals surface area contributed by atoms with E-state index in [4.69, 9.17) is 0 Å². The van der Waals surface area contributed by atoms with Gasteiger partial charge < -0.3 is 9.88 Å². The SMILES string of the molecule is CCN(Cc1nc2ccccc2c(=O)[nH]1)C(=O)c1cc2c(s1)CCCC2. The number of benzene rings is 1. The molecule has 0 saturated carbocycles. The molecule has 0 saturated heterocycles. The molecule has 0 radical (unpaired) electrons. The van der Waals surface area contributed by atoms with Crippen LogP contribution in [0.2, 0.25) is 0 Å². The summed E-state index contributed by atoms with van der Waals surface area (Å²) in [5.74, 6) is 0.535. The molecule has 3 aromatic rings. The first kappa shape index (κ1) is 17.0. The van der Waals surface area contributed by atoms with Crippen molar-refractivity contribution in [3.8, 4) is 0 Å². The number of hydrogen-bond acceptors (Lipinski definition) is 4. The van der Waals surface area contributed by atoms with E-state index in [1.807, 2.05) is 25.1 Å². The second-order valence-corrected chi connectivity index (χ2v) is 7.75. The summed E-state index contributed by atoms with van der Waals surface area (Å²) >= 11 is 1.62. The third-order valence-corrected chi connectivity index (χ3v) is 6.10. The van der Waals surface area contributed by atoms with Gasteiger partial charge in [0.25, 0.3) is 11.5 Å². The average molecular weight is 367 g/mol. The first-order valence-electron chi connectivity index (χ1n) is 9.04. The van der Waals surface area contributed by atoms with Crippen molar-refractivity contribution in [1.29, 1.82) is 0 Å². The largest absolute Gasteiger partial charge is 0.331 e. The lowest BCUT2D eigenvalue weighted by atomic mass is 9.99. The molecule has 134 valence electrons. The van der Waals surface area contributed by atoms with Crippen LogP contribution < -0.4 is 5.56 Å². The van der Waals surface area contributed by atoms with Gasteiger partial charge in [-0.05, 0) is 56.4 Å². The van der Waals surface area contributed by atoms with Crippen LogP contribution in [0.5, 0.6) is 0 Å². The number of para-hydroxylation sites is 1. The standard InChI is InChI=1S/C20H21N3O2S/c1-2-23(20(25)17-11-13-7-3-6-10-16(13)26-17)12-18-21-15-9-5-4-8-14(15)19(24)22-18/h4-5,8-9,11H,2-3,6-7,10,12H2,1H3,(H,21,22,24). The highest BCUT2D eigenvalue weighted by Gasteiger charge is 2.21. The third-order valence-electron chi connectivity index (χ3n) is 4.88. The van der Waals surface area contributed by atoms with Gasteiger partial charge in [0.05, 0.1) is 22.3 Å². The topological polar surface area (TPSA) is 66.1 Å². The second-order valence-electron chi connectivity index (χ2n) is 6.62. The highest BCUT2D eigenvalue weighted by atomic mass is 32.1. The molecule has 2 heterocycles. The number of H-pyrrole nitrogens is 1. The van der Waals surface area contributed by atoms with Crippen molar-refractivity contribution < 1.29 is 4.79 Å². The number of carbonyl (C=O) groups is 1. The fourth-order valence-electron chi connectivity index (χ4n) is 3.47. The number of carbonyl (C=O) groups excluding carboxylic acids is 1. The Kier molecular flexibility index (Phi) is 4.59. The molecule has 0 aliphatic heterocycles. The van der Waals surface area contributed by atoms with E-state index < -0.39 is 0 Å². The minimum atomic E-state index is -0.166. The Hall–Kier alpha value is -2.47. The molecule has 0 atom stereocenters. The van der Waals surface area contributed by atoms with Gasteiger partial charge in [0, 0.05) is 11.4 Å². The third kappa shape index (κ3) is 3.17. The minimum absolute atomic E-state index is 0.0164. The average Bonchev–Trinajstić information content (AvgIpc) is 3.10. The lowest BCUT2D eigenvalue weighted by Crippen LogP contribution is -2.31. The maximum atomic E-state index is 13.0. The zero-order valence-electron chi connectivity index (χ0n) is 14.7. The summed E-state index contributed by atoms with van der Waals surface area (Å²) in [5, 5.41) is 0.566. The maximum absolute atomic E-state index is 13.0. The predicted molar refractivity (Wildman–Crippen MR) is 104 cm³/mol. The van der Waals surface area contributed by atoms with Gasteiger partial charge in [0.1, 0.15) is 5.82 Å². The van der Waals surface area contributed by atoms with Gasteiger partial charge in [-0.2, -0.15) is 0 Å². The van der Waals surface area contributed by atoms with E-state index in [1.165, 1.54) is 23.3 Å². The van der Waals surface area contributed by atoms with Crippen molar-refractivity contribution in [3.05, 3.63) is 61.8 Å². The number of rotatable bonds is 4. The predicted octanol–water partition coefficient (Wildman–Crippen LogP) is 3.53. The molecule has 0 bridgehead atoms. The smallest absolute Gasteiger partial charge is 0.264 e. The van der Waals surface area contributed by atoms with Crippen molar-refractivity contribution >= 4 is 28.1 Å². The molecule has 1 aromatic carbocycles. The summed E-state index contributed by atoms with van der Waals surface area (Å²) in [6.07, 6.45) is 4.57. The first-order valence-corrected chi connectivity index (χ1v) is 9.86. The first-order chi connectivity index (χ1) is 12.7. The van der Waals surface area contributed by atoms with Crippen LogP contribution in [0.1, 0.15) is 45.7 Å². The summed E-state index contributed by atoms with van der Waals surface area (Å²) in [7, 11) is 0. The van der Waals surface area contributed by atoms with E-state index in [0.717, 1.165) is 17.7 Å². The van der Waals surface area contributed by atoms with Gasteiger partial charge >= 0.3 is 0 Å². The lowest BCUT2D eigenvalue weighted by molar-refractivity contribution is 0.0753. The van der Waals surface area contributed by atoms with E-state index in [-0.39, 0.29) is 11.5 Å². The van der Waals surface area contributed by atoms with E-state index in [1.54, 1.807) is 22.3 Å². The molecule has 2 aromatic heterocycles. The van der Waals surface area contributed by atoms with Crippen molar-refractivity contribution in [1.82, 2.24) is 14.9 Å². The summed E-state index contributed by atoms with van der Waals surface area (Å²) in [6, 6.07) is 9.31. The van der Waals surface area contributed by atoms with E-state index in [0.29, 0.717) is 29.8 Å². The number of amides is 1. The summed E-state index contributed by atoms with van der Waals surface area (Å²) < 4.78 is 0. The van der Waals surface area contributed by atoms with Gasteiger partial charge in [-0.15, -0.1) is 11.3 Å². The number of aromatic amines is 1. The van der Waals surface area contributed by atoms with Crippen LogP contribution in [0.3, 0.4) is 0 Å². The number of aromatic nitrogens is 2. The fourth-order valence-corrected chi connectivity index (χ4v) is 4.69. The van der Waals surface area contributed by atoms with Crippen LogP contribution in [-0.4, -0.2) is 27.3 Å². The number of fused-ring (bicyclic) bond motifs is 2. The van der Waals surface area contributed by atoms with Crippen LogP contribution in [0.25, 0.3) is 10.9 Å². The normalized spacial score (nSPS) is 13.6. The Bertz CT molecular complexity index is 998. The van der Waals surface area contributed by atoms with Crippen molar-refractivity contribution in [2.75, 3.05) is 6.54 Å². The molecular weight excluding hydrogens is 346 g/mol. The molecule has 0 spiro atoms. The van der Waals surface area contributed by atoms with Gasteiger partial charge in [0.15, 0.2) is 0 Å². The van der Waals surface area contributed by atoms with Crippen LogP contribution in [0.4, 0.5) is 0 Å². The molecule has 4 rings (SSSR count). The molecular formula is C20H21N3O2S. The summed E-state index contributed by atoms with van der Waals surface area (Å²) in [4.78, 5) is 36.4. The summed E-state index contributed by atoms with van der Waals surface area (Å²) in [6.45, 7) is 2.82. The number of aryl methyl sites for hydroxylation is 2. The van der Waals surface area contributed by atoms with Gasteiger partial charge in [-0.3, -0.25) is 9.59 Å². The Labute approximate surface area is 155 Å². The Morgan fingerprint density at radius 1 is 1.27 bits per heavy atom. The van der Waals surface area contributed by atoms with Crippen molar-refractivity contribution in [2.45, 2.75) is 39.2 Å². The number of nitrogens with one attached hydrogen (secondary N) is 1. The lowest BCUT2D eigenvalue weighted by Gasteiger charge is -2.19. The van der Waals surface area contributed by atoms with Crippen LogP contribution in [0.15, 0.2) is 35.1 Å². The second kappa shape index (κ2) is 7.03. The van der Waals surface area contributed by atoms with Crippen LogP contribution >= 0.6 is 11.3 Å². The molecule has 26 heavy (non-hydrogen) atoms. The van der Waals surface area contributed by atoms with Crippen molar-refractivity contribution in [2.24, 2.45) is 0 Å². The zero-order chi connectivity index (χ0) is 18.1. The maximum Gasteiger partial charge on any atom is 0.264 e. The van der Waals surface area contributed by atoms with Gasteiger partial charge in [0.2, 0.25) is 0 Å². The van der Waals surface area contributed by atoms with Crippen LogP contribution in [-0.2, 0) is 19.4 Å².